The van der Waals surface area contributed by atoms with Gasteiger partial charge in [-0.3, -0.25) is 0 Å². The Bertz CT molecular complexity index is 3290. The van der Waals surface area contributed by atoms with E-state index in [0.717, 1.165) is 108 Å². The molecule has 5 saturated carbocycles. The Morgan fingerprint density at radius 2 is 1.01 bits per heavy atom. The van der Waals surface area contributed by atoms with Crippen LogP contribution < -0.4 is 10.6 Å². The minimum absolute atomic E-state index is 0. The molecule has 4 N–H and O–H groups in total. The zero-order valence-corrected chi connectivity index (χ0v) is 73.4. The van der Waals surface area contributed by atoms with Crippen molar-refractivity contribution in [3.63, 3.8) is 0 Å². The van der Waals surface area contributed by atoms with Crippen LogP contribution in [0.25, 0.3) is 0 Å². The molecule has 0 aliphatic heterocycles. The molecule has 0 bridgehead atoms. The molecule has 5 fully saturated rings. The van der Waals surface area contributed by atoms with Crippen LogP contribution in [-0.2, 0) is 18.3 Å². The zero-order chi connectivity index (χ0) is 73.8. The van der Waals surface area contributed by atoms with E-state index < -0.39 is 48.2 Å². The summed E-state index contributed by atoms with van der Waals surface area (Å²) in [6, 6.07) is 19.8. The summed E-state index contributed by atoms with van der Waals surface area (Å²) in [6.07, 6.45) is 31.2. The van der Waals surface area contributed by atoms with Crippen molar-refractivity contribution in [2.75, 3.05) is 6.16 Å². The normalized spacial score (nSPS) is 29.7. The van der Waals surface area contributed by atoms with Crippen LogP contribution >= 0.6 is 67.1 Å². The van der Waals surface area contributed by atoms with Gasteiger partial charge in [-0.25, -0.2) is 8.78 Å². The van der Waals surface area contributed by atoms with Crippen molar-refractivity contribution in [2.45, 2.75) is 266 Å². The Labute approximate surface area is 644 Å². The van der Waals surface area contributed by atoms with Crippen LogP contribution in [0.4, 0.5) is 8.78 Å². The number of hydrogen-bond acceptors (Lipinski definition) is 7. The van der Waals surface area contributed by atoms with Crippen molar-refractivity contribution >= 4 is 94.3 Å². The minimum atomic E-state index is -2.87. The SMILES string of the molecule is C.C=C1/C(=C\C=C2/CCC[C@]3(C)C([C@H](C)C/C=C(/C)F)=CC[C@@H]23)CC(O)CC1O.C=C1/C(=C\C=C2/CCC[C@]3(C)C([C@H](C)C/C=C(\C)F)=CC[C@@H]23)CC(O)CC1O.C=C1/C(=C\CP(=O)(c2ccccc2)c2ccccc2)C[C@@H](O[Si](C)(C)C(C)(C)C)C[C@@H]1O[Si](C)(C)C(C)(C)C.[I][V]([I])[I]. The molecule has 0 heterocycles. The van der Waals surface area contributed by atoms with Crippen molar-refractivity contribution in [1.82, 2.24) is 0 Å². The van der Waals surface area contributed by atoms with Gasteiger partial charge in [0.25, 0.3) is 0 Å². The quantitative estimate of drug-likeness (QED) is 0.0573. The number of hydrogen-bond donors (Lipinski definition) is 4. The second-order valence-corrected chi connectivity index (χ2v) is 80.5. The monoisotopic (exact) mass is 1800 g/mol. The van der Waals surface area contributed by atoms with Crippen LogP contribution in [0.2, 0.25) is 36.3 Å². The molecule has 2 aromatic carbocycles. The Morgan fingerprint density at radius 3 is 1.38 bits per heavy atom. The van der Waals surface area contributed by atoms with Gasteiger partial charge in [-0.15, -0.1) is 0 Å². The van der Waals surface area contributed by atoms with Gasteiger partial charge < -0.3 is 33.8 Å². The van der Waals surface area contributed by atoms with Gasteiger partial charge in [0.15, 0.2) is 16.6 Å². The third-order valence-electron chi connectivity index (χ3n) is 23.5. The summed E-state index contributed by atoms with van der Waals surface area (Å²) in [5, 5.41) is 42.1. The van der Waals surface area contributed by atoms with Crippen LogP contribution in [0.3, 0.4) is 0 Å². The van der Waals surface area contributed by atoms with Gasteiger partial charge in [0.1, 0.15) is 7.14 Å². The molecular formula is C84H125F2I3O7PSi2V. The van der Waals surface area contributed by atoms with Crippen LogP contribution in [-0.4, -0.2) is 79.8 Å². The summed E-state index contributed by atoms with van der Waals surface area (Å²) >= 11 is 7.39. The fraction of sp³-hybridized carbons (Fsp3) is 0.571. The second kappa shape index (κ2) is 38.4. The molecule has 100 heavy (non-hydrogen) atoms. The van der Waals surface area contributed by atoms with Gasteiger partial charge in [-0.05, 0) is 202 Å². The molecule has 16 heteroatoms. The Morgan fingerprint density at radius 1 is 0.630 bits per heavy atom. The third kappa shape index (κ3) is 23.7. The number of fused-ring (bicyclic) bond motifs is 2. The summed E-state index contributed by atoms with van der Waals surface area (Å²) in [6.45, 7) is 47.8. The Kier molecular flexibility index (Phi) is 34.2. The molecule has 12 atom stereocenters. The van der Waals surface area contributed by atoms with E-state index in [1.165, 1.54) is 49.0 Å². The molecule has 7 nitrogen and oxygen atoms in total. The molecule has 0 saturated heterocycles. The first-order chi connectivity index (χ1) is 46.0. The molecule has 7 aliphatic carbocycles. The average molecular weight is 1800 g/mol. The van der Waals surface area contributed by atoms with E-state index in [1.54, 1.807) is 12.2 Å². The molecule has 556 valence electrons. The van der Waals surface area contributed by atoms with E-state index in [1.807, 2.05) is 60.7 Å². The van der Waals surface area contributed by atoms with Crippen molar-refractivity contribution < 1.29 is 47.5 Å². The van der Waals surface area contributed by atoms with E-state index in [4.69, 9.17) is 8.85 Å². The molecular weight excluding hydrogens is 1680 g/mol. The first-order valence-electron chi connectivity index (χ1n) is 36.2. The van der Waals surface area contributed by atoms with E-state index in [0.29, 0.717) is 55.5 Å². The van der Waals surface area contributed by atoms with Crippen molar-refractivity contribution in [3.8, 4) is 0 Å². The number of allylic oxidation sites excluding steroid dienone is 15. The van der Waals surface area contributed by atoms with Gasteiger partial charge in [-0.2, -0.15) is 0 Å². The molecule has 0 spiro atoms. The first kappa shape index (κ1) is 89.0. The zero-order valence-electron chi connectivity index (χ0n) is 62.7. The van der Waals surface area contributed by atoms with Crippen LogP contribution in [0, 0.1) is 34.5 Å². The topological polar surface area (TPSA) is 116 Å². The molecule has 0 radical (unpaired) electrons. The molecule has 4 unspecified atom stereocenters. The van der Waals surface area contributed by atoms with Gasteiger partial charge in [0.2, 0.25) is 0 Å². The van der Waals surface area contributed by atoms with Crippen LogP contribution in [0.15, 0.2) is 202 Å². The molecule has 0 aromatic heterocycles. The number of halogens is 5. The van der Waals surface area contributed by atoms with Gasteiger partial charge in [0, 0.05) is 36.0 Å². The van der Waals surface area contributed by atoms with E-state index >= 15 is 0 Å². The summed E-state index contributed by atoms with van der Waals surface area (Å²) < 4.78 is 55.1. The fourth-order valence-corrected chi connectivity index (χ4v) is 20.8. The van der Waals surface area contributed by atoms with Crippen molar-refractivity contribution in [1.29, 1.82) is 0 Å². The molecule has 9 rings (SSSR count). The number of aliphatic hydroxyl groups excluding tert-OH is 4. The van der Waals surface area contributed by atoms with E-state index in [9.17, 15) is 33.8 Å². The average Bonchev–Trinajstić information content (AvgIpc) is 1.58. The van der Waals surface area contributed by atoms with Crippen LogP contribution in [0.5, 0.6) is 0 Å². The van der Waals surface area contributed by atoms with Crippen molar-refractivity contribution in [2.24, 2.45) is 34.5 Å². The molecule has 0 amide bonds. The van der Waals surface area contributed by atoms with Gasteiger partial charge in [-0.1, -0.05) is 234 Å². The Hall–Kier alpha value is -1.62. The maximum absolute atomic E-state index is 14.7. The molecule has 2 aromatic rings. The Balaban J connectivity index is 0.000000266. The second-order valence-electron chi connectivity index (χ2n) is 32.8. The van der Waals surface area contributed by atoms with E-state index in [-0.39, 0.29) is 57.1 Å². The fourth-order valence-electron chi connectivity index (χ4n) is 15.6. The first-order valence-corrected chi connectivity index (χ1v) is 57.4. The molecule has 7 aliphatic rings. The third-order valence-corrected chi connectivity index (χ3v) is 35.5. The number of aliphatic hydroxyl groups is 4. The number of rotatable bonds is 16. The van der Waals surface area contributed by atoms with Crippen molar-refractivity contribution in [3.05, 3.63) is 202 Å². The number of benzene rings is 2. The van der Waals surface area contributed by atoms with E-state index in [2.05, 4.69) is 218 Å². The van der Waals surface area contributed by atoms with Crippen LogP contribution in [0.1, 0.15) is 193 Å². The predicted octanol–water partition coefficient (Wildman–Crippen LogP) is 24.2. The standard InChI is InChI=1S/C33H51O3PSi2.2C25H35FO2.CH4.3HI.V/c1-26-27(22-23-37(34,29-18-14-12-15-19-29)30-20-16-13-17-21-30)24-28(35-38(8,9)32(2,3)4)25-31(26)36-39(10,11)33(5,6)7;2*1-16(7-8-17(2)26)22-11-12-23-19(6-5-13-25(22,23)4)9-10-20-14-21(27)15-24(28)18(20)3;;;;;/h12-22,28,31H,1,23-25H2,2-11H3;2*8-11,16,21,23-24,27-28H,3,5-7,12-15H2,1-2,4H3;1H4;3*1H;/q;;;;;;;+3/p-3/b27-22-;17-8+,19-9+,20-10-;17-8-,19-9+,20-10-;;;;;/t28-,31+;2*16-,21?,23+,24?,25-;;;;;/m111...../s1. The summed E-state index contributed by atoms with van der Waals surface area (Å²) in [7, 11) is -6.90. The van der Waals surface area contributed by atoms with Gasteiger partial charge >= 0.3 is 64.9 Å². The maximum atomic E-state index is 14.7. The summed E-state index contributed by atoms with van der Waals surface area (Å²) in [4.78, 5) is -0.278. The van der Waals surface area contributed by atoms with Gasteiger partial charge in [0.05, 0.1) is 48.3 Å². The summed E-state index contributed by atoms with van der Waals surface area (Å²) in [5.41, 5.74) is 11.8. The predicted molar refractivity (Wildman–Crippen MR) is 451 cm³/mol. The summed E-state index contributed by atoms with van der Waals surface area (Å²) in [5.74, 6) is 1.53.